The van der Waals surface area contributed by atoms with Crippen LogP contribution in [0.25, 0.3) is 0 Å². The molecule has 0 saturated carbocycles. The maximum atomic E-state index is 12.4. The highest BCUT2D eigenvalue weighted by Crippen LogP contribution is 2.12. The highest BCUT2D eigenvalue weighted by molar-refractivity contribution is 8.93. The summed E-state index contributed by atoms with van der Waals surface area (Å²) in [6, 6.07) is 19.6. The van der Waals surface area contributed by atoms with E-state index in [2.05, 4.69) is 0 Å². The van der Waals surface area contributed by atoms with Gasteiger partial charge in [0.15, 0.2) is 18.2 Å². The molecule has 0 fully saturated rings. The smallest absolute Gasteiger partial charge is 0.227 e. The lowest BCUT2D eigenvalue weighted by Crippen LogP contribution is -2.37. The molecule has 0 aliphatic heterocycles. The lowest BCUT2D eigenvalue weighted by atomic mass is 10.0. The monoisotopic (exact) mass is 412 g/mol. The topological polar surface area (TPSA) is 47.2 Å². The normalized spacial score (nSPS) is 9.88. The van der Waals surface area contributed by atoms with Gasteiger partial charge in [0.05, 0.1) is 7.11 Å². The molecule has 3 rings (SSSR count). The number of ether oxygens (including phenoxy) is 1. The van der Waals surface area contributed by atoms with Crippen molar-refractivity contribution in [2.75, 3.05) is 7.11 Å². The molecule has 5 heteroatoms. The van der Waals surface area contributed by atoms with E-state index in [4.69, 9.17) is 4.74 Å². The number of ketones is 2. The van der Waals surface area contributed by atoms with Gasteiger partial charge in [0, 0.05) is 28.8 Å². The molecule has 0 aliphatic carbocycles. The molecular formula is C21H19BrNO3+. The first kappa shape index (κ1) is 19.5. The Balaban J connectivity index is 0.00000243. The lowest BCUT2D eigenvalue weighted by molar-refractivity contribution is -0.683. The van der Waals surface area contributed by atoms with Crippen molar-refractivity contribution in [2.24, 2.45) is 0 Å². The number of halogens is 1. The summed E-state index contributed by atoms with van der Waals surface area (Å²) < 4.78 is 6.85. The fourth-order valence-corrected chi connectivity index (χ4v) is 2.50. The Bertz CT molecular complexity index is 875. The number of nitrogens with zero attached hydrogens (tertiary/aromatic N) is 1. The van der Waals surface area contributed by atoms with Crippen LogP contribution in [-0.4, -0.2) is 18.7 Å². The van der Waals surface area contributed by atoms with Crippen molar-refractivity contribution in [1.29, 1.82) is 0 Å². The number of hydrogen-bond donors (Lipinski definition) is 0. The molecule has 1 heterocycles. The van der Waals surface area contributed by atoms with Gasteiger partial charge in [0.1, 0.15) is 5.75 Å². The summed E-state index contributed by atoms with van der Waals surface area (Å²) in [7, 11) is 1.59. The molecule has 0 bridgehead atoms. The minimum Gasteiger partial charge on any atom is -0.497 e. The predicted octanol–water partition coefficient (Wildman–Crippen LogP) is 3.67. The van der Waals surface area contributed by atoms with E-state index < -0.39 is 0 Å². The van der Waals surface area contributed by atoms with Gasteiger partial charge in [-0.3, -0.25) is 9.59 Å². The number of carbonyl (C=O) groups excluding carboxylic acids is 2. The quantitative estimate of drug-likeness (QED) is 0.458. The van der Waals surface area contributed by atoms with Crippen LogP contribution in [0.4, 0.5) is 0 Å². The molecule has 0 spiro atoms. The molecule has 3 aromatic rings. The second-order valence-electron chi connectivity index (χ2n) is 5.61. The highest BCUT2D eigenvalue weighted by atomic mass is 79.9. The first-order valence-corrected chi connectivity index (χ1v) is 7.93. The average Bonchev–Trinajstić information content (AvgIpc) is 2.68. The third-order valence-electron chi connectivity index (χ3n) is 3.93. The van der Waals surface area contributed by atoms with Crippen molar-refractivity contribution in [3.8, 4) is 5.75 Å². The van der Waals surface area contributed by atoms with Crippen LogP contribution < -0.4 is 9.30 Å². The minimum absolute atomic E-state index is 0. The number of aromatic nitrogens is 1. The van der Waals surface area contributed by atoms with E-state index in [0.29, 0.717) is 22.4 Å². The summed E-state index contributed by atoms with van der Waals surface area (Å²) in [5, 5.41) is 0. The van der Waals surface area contributed by atoms with Crippen molar-refractivity contribution >= 4 is 28.5 Å². The molecule has 0 radical (unpaired) electrons. The second-order valence-corrected chi connectivity index (χ2v) is 5.61. The molecule has 0 N–H and O–H groups in total. The fraction of sp³-hybridized carbons (Fsp3) is 0.0952. The van der Waals surface area contributed by atoms with Crippen molar-refractivity contribution < 1.29 is 18.9 Å². The summed E-state index contributed by atoms with van der Waals surface area (Å²) in [5.41, 5.74) is 1.87. The van der Waals surface area contributed by atoms with Gasteiger partial charge in [0.25, 0.3) is 0 Å². The van der Waals surface area contributed by atoms with Crippen LogP contribution >= 0.6 is 17.0 Å². The van der Waals surface area contributed by atoms with Crippen molar-refractivity contribution in [1.82, 2.24) is 0 Å². The SMILES string of the molecule is Br.COc1ccc(C(=O)C[n+]2ccc(C(=O)c3ccccc3)cc2)cc1. The van der Waals surface area contributed by atoms with Crippen molar-refractivity contribution in [3.63, 3.8) is 0 Å². The zero-order valence-corrected chi connectivity index (χ0v) is 16.0. The highest BCUT2D eigenvalue weighted by Gasteiger charge is 2.14. The van der Waals surface area contributed by atoms with Crippen molar-refractivity contribution in [3.05, 3.63) is 95.8 Å². The summed E-state index contributed by atoms with van der Waals surface area (Å²) in [5.74, 6) is 0.678. The Morgan fingerprint density at radius 3 is 1.96 bits per heavy atom. The van der Waals surface area contributed by atoms with Gasteiger partial charge in [-0.1, -0.05) is 30.3 Å². The fourth-order valence-electron chi connectivity index (χ4n) is 2.50. The standard InChI is InChI=1S/C21H18NO3.BrH/c1-25-19-9-7-16(8-10-19)20(23)15-22-13-11-18(12-14-22)21(24)17-5-3-2-4-6-17;/h2-14H,15H2,1H3;1H/q+1;. The summed E-state index contributed by atoms with van der Waals surface area (Å²) in [4.78, 5) is 24.7. The zero-order chi connectivity index (χ0) is 17.6. The van der Waals surface area contributed by atoms with E-state index in [1.54, 1.807) is 72.6 Å². The van der Waals surface area contributed by atoms with Gasteiger partial charge in [-0.15, -0.1) is 17.0 Å². The molecule has 0 atom stereocenters. The van der Waals surface area contributed by atoms with Crippen LogP contribution in [0.3, 0.4) is 0 Å². The molecule has 0 unspecified atom stereocenters. The van der Waals surface area contributed by atoms with E-state index in [-0.39, 0.29) is 35.1 Å². The van der Waals surface area contributed by atoms with Gasteiger partial charge in [0.2, 0.25) is 12.3 Å². The summed E-state index contributed by atoms with van der Waals surface area (Å²) in [6.45, 7) is 0.214. The van der Waals surface area contributed by atoms with E-state index in [9.17, 15) is 9.59 Å². The van der Waals surface area contributed by atoms with E-state index in [1.165, 1.54) is 0 Å². The first-order valence-electron chi connectivity index (χ1n) is 7.93. The number of methoxy groups -OCH3 is 1. The van der Waals surface area contributed by atoms with Crippen LogP contribution in [0.2, 0.25) is 0 Å². The van der Waals surface area contributed by atoms with Crippen LogP contribution in [-0.2, 0) is 6.54 Å². The Kier molecular flexibility index (Phi) is 6.81. The van der Waals surface area contributed by atoms with E-state index >= 15 is 0 Å². The van der Waals surface area contributed by atoms with E-state index in [0.717, 1.165) is 0 Å². The second kappa shape index (κ2) is 9.06. The maximum absolute atomic E-state index is 12.4. The number of hydrogen-bond acceptors (Lipinski definition) is 3. The molecule has 1 aromatic heterocycles. The first-order chi connectivity index (χ1) is 12.2. The Morgan fingerprint density at radius 1 is 0.808 bits per heavy atom. The lowest BCUT2D eigenvalue weighted by Gasteiger charge is -2.02. The van der Waals surface area contributed by atoms with Gasteiger partial charge in [-0.2, -0.15) is 4.57 Å². The van der Waals surface area contributed by atoms with Gasteiger partial charge in [-0.25, -0.2) is 0 Å². The predicted molar refractivity (Wildman–Crippen MR) is 104 cm³/mol. The minimum atomic E-state index is -0.0331. The molecule has 0 saturated heterocycles. The molecule has 2 aromatic carbocycles. The third kappa shape index (κ3) is 4.64. The molecule has 0 aliphatic rings. The van der Waals surface area contributed by atoms with Crippen LogP contribution in [0, 0.1) is 0 Å². The van der Waals surface area contributed by atoms with E-state index in [1.807, 2.05) is 18.2 Å². The zero-order valence-electron chi connectivity index (χ0n) is 14.3. The number of pyridine rings is 1. The molecular weight excluding hydrogens is 394 g/mol. The largest absolute Gasteiger partial charge is 0.497 e. The van der Waals surface area contributed by atoms with Crippen LogP contribution in [0.5, 0.6) is 5.75 Å². The number of Topliss-reactive ketones (excluding diaryl/α,β-unsaturated/α-hetero) is 1. The number of carbonyl (C=O) groups is 2. The summed E-state index contributed by atoms with van der Waals surface area (Å²) in [6.07, 6.45) is 3.50. The number of benzene rings is 2. The number of rotatable bonds is 6. The third-order valence-corrected chi connectivity index (χ3v) is 3.93. The Hall–Kier alpha value is -2.79. The Labute approximate surface area is 162 Å². The average molecular weight is 413 g/mol. The van der Waals surface area contributed by atoms with Crippen LogP contribution in [0.15, 0.2) is 79.1 Å². The molecule has 0 amide bonds. The Morgan fingerprint density at radius 2 is 1.38 bits per heavy atom. The summed E-state index contributed by atoms with van der Waals surface area (Å²) >= 11 is 0. The van der Waals surface area contributed by atoms with Crippen LogP contribution in [0.1, 0.15) is 26.3 Å². The maximum Gasteiger partial charge on any atom is 0.227 e. The molecule has 4 nitrogen and oxygen atoms in total. The van der Waals surface area contributed by atoms with Gasteiger partial charge in [-0.05, 0) is 24.3 Å². The van der Waals surface area contributed by atoms with Gasteiger partial charge < -0.3 is 4.74 Å². The molecule has 132 valence electrons. The van der Waals surface area contributed by atoms with Gasteiger partial charge >= 0.3 is 0 Å². The van der Waals surface area contributed by atoms with Crippen molar-refractivity contribution in [2.45, 2.75) is 6.54 Å². The molecule has 26 heavy (non-hydrogen) atoms.